The highest BCUT2D eigenvalue weighted by Gasteiger charge is 2.22. The number of nitriles is 1. The van der Waals surface area contributed by atoms with Crippen molar-refractivity contribution in [2.75, 3.05) is 20.7 Å². The number of benzene rings is 1. The number of phenolic OH excluding ortho intramolecular Hbond substituents is 1. The Balaban J connectivity index is 1.96. The first kappa shape index (κ1) is 15.5. The Morgan fingerprint density at radius 2 is 2.30 bits per heavy atom. The summed E-state index contributed by atoms with van der Waals surface area (Å²) < 4.78 is 5.09. The summed E-state index contributed by atoms with van der Waals surface area (Å²) in [6.07, 6.45) is 2.46. The molecule has 1 aromatic carbocycles. The van der Waals surface area contributed by atoms with Crippen LogP contribution in [-0.4, -0.2) is 36.9 Å². The number of thiophene rings is 1. The van der Waals surface area contributed by atoms with Crippen LogP contribution in [0.4, 0.5) is 5.00 Å². The third kappa shape index (κ3) is 2.93. The van der Waals surface area contributed by atoms with Crippen LogP contribution in [0.2, 0.25) is 0 Å². The molecule has 5 nitrogen and oxygen atoms in total. The Kier molecular flexibility index (Phi) is 4.33. The molecule has 0 saturated heterocycles. The molecule has 0 radical (unpaired) electrons. The zero-order valence-corrected chi connectivity index (χ0v) is 13.9. The van der Waals surface area contributed by atoms with E-state index in [1.54, 1.807) is 35.8 Å². The third-order valence-electron chi connectivity index (χ3n) is 3.91. The molecule has 23 heavy (non-hydrogen) atoms. The third-order valence-corrected chi connectivity index (χ3v) is 5.04. The highest BCUT2D eigenvalue weighted by Crippen LogP contribution is 2.38. The van der Waals surface area contributed by atoms with E-state index in [1.807, 2.05) is 0 Å². The van der Waals surface area contributed by atoms with E-state index in [0.29, 0.717) is 21.9 Å². The lowest BCUT2D eigenvalue weighted by molar-refractivity contribution is 0.317. The molecule has 1 aromatic heterocycles. The maximum Gasteiger partial charge on any atom is 0.166 e. The number of aromatic hydroxyl groups is 1. The van der Waals surface area contributed by atoms with E-state index in [4.69, 9.17) is 4.74 Å². The van der Waals surface area contributed by atoms with Gasteiger partial charge in [0.25, 0.3) is 0 Å². The molecule has 0 aliphatic carbocycles. The van der Waals surface area contributed by atoms with Crippen molar-refractivity contribution in [3.8, 4) is 17.6 Å². The molecule has 0 saturated carbocycles. The molecule has 3 rings (SSSR count). The zero-order valence-electron chi connectivity index (χ0n) is 13.0. The first-order chi connectivity index (χ1) is 11.1. The number of aliphatic imine (C=N–C) groups is 1. The molecule has 2 heterocycles. The number of hydrogen-bond donors (Lipinski definition) is 1. The highest BCUT2D eigenvalue weighted by molar-refractivity contribution is 7.16. The van der Waals surface area contributed by atoms with Gasteiger partial charge in [0.05, 0.1) is 12.7 Å². The van der Waals surface area contributed by atoms with Gasteiger partial charge in [-0.05, 0) is 31.2 Å². The minimum absolute atomic E-state index is 0.0540. The highest BCUT2D eigenvalue weighted by atomic mass is 32.1. The summed E-state index contributed by atoms with van der Waals surface area (Å²) in [5.41, 5.74) is 2.35. The summed E-state index contributed by atoms with van der Waals surface area (Å²) in [5.74, 6) is 0.458. The summed E-state index contributed by atoms with van der Waals surface area (Å²) in [5, 5.41) is 20.3. The Hall–Kier alpha value is -2.36. The number of ether oxygens (including phenoxy) is 1. The van der Waals surface area contributed by atoms with Crippen LogP contribution in [0.5, 0.6) is 11.5 Å². The predicted molar refractivity (Wildman–Crippen MR) is 91.0 cm³/mol. The van der Waals surface area contributed by atoms with E-state index in [2.05, 4.69) is 23.0 Å². The average molecular weight is 327 g/mol. The average Bonchev–Trinajstić information content (AvgIpc) is 2.90. The fourth-order valence-electron chi connectivity index (χ4n) is 2.66. The largest absolute Gasteiger partial charge is 0.504 e. The van der Waals surface area contributed by atoms with E-state index in [0.717, 1.165) is 25.1 Å². The van der Waals surface area contributed by atoms with Gasteiger partial charge in [-0.3, -0.25) is 0 Å². The molecule has 1 aliphatic rings. The lowest BCUT2D eigenvalue weighted by Crippen LogP contribution is -2.25. The minimum atomic E-state index is 0.0540. The molecule has 0 unspecified atom stereocenters. The van der Waals surface area contributed by atoms with Gasteiger partial charge in [-0.1, -0.05) is 6.07 Å². The number of phenols is 1. The molecule has 0 atom stereocenters. The van der Waals surface area contributed by atoms with Crippen molar-refractivity contribution < 1.29 is 9.84 Å². The second-order valence-corrected chi connectivity index (χ2v) is 6.52. The lowest BCUT2D eigenvalue weighted by atomic mass is 10.0. The van der Waals surface area contributed by atoms with Crippen molar-refractivity contribution in [2.24, 2.45) is 4.99 Å². The molecular formula is C17H17N3O2S. The van der Waals surface area contributed by atoms with Crippen LogP contribution in [0.1, 0.15) is 21.6 Å². The predicted octanol–water partition coefficient (Wildman–Crippen LogP) is 3.07. The summed E-state index contributed by atoms with van der Waals surface area (Å²) in [6.45, 7) is 1.81. The molecular weight excluding hydrogens is 310 g/mol. The molecule has 118 valence electrons. The van der Waals surface area contributed by atoms with Crippen LogP contribution in [0.3, 0.4) is 0 Å². The maximum absolute atomic E-state index is 10.1. The number of likely N-dealkylation sites (N-methyl/N-ethyl adjacent to an activating group) is 1. The number of methoxy groups -OCH3 is 1. The van der Waals surface area contributed by atoms with Crippen molar-refractivity contribution in [1.29, 1.82) is 5.26 Å². The number of hydrogen-bond acceptors (Lipinski definition) is 6. The van der Waals surface area contributed by atoms with Crippen molar-refractivity contribution in [3.05, 3.63) is 39.8 Å². The van der Waals surface area contributed by atoms with Crippen LogP contribution < -0.4 is 4.74 Å². The summed E-state index contributed by atoms with van der Waals surface area (Å²) in [7, 11) is 3.58. The van der Waals surface area contributed by atoms with Gasteiger partial charge in [0.1, 0.15) is 11.1 Å². The van der Waals surface area contributed by atoms with Gasteiger partial charge in [-0.15, -0.1) is 11.3 Å². The van der Waals surface area contributed by atoms with Gasteiger partial charge in [0.15, 0.2) is 11.5 Å². The molecule has 2 aromatic rings. The summed E-state index contributed by atoms with van der Waals surface area (Å²) in [4.78, 5) is 7.89. The Bertz CT molecular complexity index is 805. The molecule has 6 heteroatoms. The fourth-order valence-corrected chi connectivity index (χ4v) is 3.88. The first-order valence-electron chi connectivity index (χ1n) is 7.27. The molecule has 1 aliphatic heterocycles. The Labute approximate surface area is 139 Å². The number of nitrogens with zero attached hydrogens (tertiary/aromatic N) is 3. The zero-order chi connectivity index (χ0) is 16.4. The monoisotopic (exact) mass is 327 g/mol. The summed E-state index contributed by atoms with van der Waals surface area (Å²) >= 11 is 1.55. The molecule has 1 N–H and O–H groups in total. The van der Waals surface area contributed by atoms with E-state index in [-0.39, 0.29) is 5.75 Å². The minimum Gasteiger partial charge on any atom is -0.504 e. The summed E-state index contributed by atoms with van der Waals surface area (Å²) in [6, 6.07) is 7.52. The quantitative estimate of drug-likeness (QED) is 0.880. The second kappa shape index (κ2) is 6.41. The molecule has 0 bridgehead atoms. The van der Waals surface area contributed by atoms with Gasteiger partial charge in [-0.25, -0.2) is 4.99 Å². The van der Waals surface area contributed by atoms with E-state index >= 15 is 0 Å². The molecule has 0 spiro atoms. The number of fused-ring (bicyclic) bond motifs is 1. The Morgan fingerprint density at radius 1 is 1.48 bits per heavy atom. The Morgan fingerprint density at radius 3 is 3.04 bits per heavy atom. The van der Waals surface area contributed by atoms with Crippen LogP contribution in [-0.2, 0) is 13.0 Å². The van der Waals surface area contributed by atoms with Gasteiger partial charge in [0, 0.05) is 29.7 Å². The number of para-hydroxylation sites is 1. The van der Waals surface area contributed by atoms with Crippen LogP contribution >= 0.6 is 11.3 Å². The van der Waals surface area contributed by atoms with Crippen LogP contribution in [0, 0.1) is 11.3 Å². The first-order valence-corrected chi connectivity index (χ1v) is 8.09. The van der Waals surface area contributed by atoms with Gasteiger partial charge < -0.3 is 14.7 Å². The van der Waals surface area contributed by atoms with Crippen LogP contribution in [0.15, 0.2) is 23.2 Å². The molecule has 0 amide bonds. The van der Waals surface area contributed by atoms with Gasteiger partial charge >= 0.3 is 0 Å². The second-order valence-electron chi connectivity index (χ2n) is 5.44. The van der Waals surface area contributed by atoms with Crippen LogP contribution in [0.25, 0.3) is 0 Å². The van der Waals surface area contributed by atoms with Gasteiger partial charge in [0.2, 0.25) is 0 Å². The van der Waals surface area contributed by atoms with E-state index < -0.39 is 0 Å². The topological polar surface area (TPSA) is 68.8 Å². The maximum atomic E-state index is 10.1. The number of rotatable bonds is 3. The smallest absolute Gasteiger partial charge is 0.166 e. The SMILES string of the molecule is COc1cccc(C=Nc2sc3c(c2C#N)CCN(C)C3)c1O. The van der Waals surface area contributed by atoms with Gasteiger partial charge in [-0.2, -0.15) is 5.26 Å². The fraction of sp³-hybridized carbons (Fsp3) is 0.294. The standard InChI is InChI=1S/C17H17N3O2S/c1-20-7-6-12-13(8-18)17(23-15(12)10-20)19-9-11-4-3-5-14(22-2)16(11)21/h3-5,9,21H,6-7,10H2,1-2H3. The van der Waals surface area contributed by atoms with E-state index in [1.165, 1.54) is 12.0 Å². The van der Waals surface area contributed by atoms with Crippen molar-refractivity contribution in [3.63, 3.8) is 0 Å². The lowest BCUT2D eigenvalue weighted by Gasteiger charge is -2.21. The van der Waals surface area contributed by atoms with E-state index in [9.17, 15) is 10.4 Å². The normalized spacial score (nSPS) is 14.7. The van der Waals surface area contributed by atoms with Crippen molar-refractivity contribution in [1.82, 2.24) is 4.90 Å². The molecule has 0 fully saturated rings. The van der Waals surface area contributed by atoms with Crippen molar-refractivity contribution in [2.45, 2.75) is 13.0 Å². The van der Waals surface area contributed by atoms with Crippen molar-refractivity contribution >= 4 is 22.6 Å².